The van der Waals surface area contributed by atoms with Crippen LogP contribution in [0.5, 0.6) is 5.75 Å². The second-order valence-electron chi connectivity index (χ2n) is 5.53. The molecule has 0 spiro atoms. The summed E-state index contributed by atoms with van der Waals surface area (Å²) >= 11 is 0. The van der Waals surface area contributed by atoms with Crippen molar-refractivity contribution in [1.29, 1.82) is 0 Å². The number of carbonyl (C=O) groups excluding carboxylic acids is 2. The molecule has 6 heteroatoms. The summed E-state index contributed by atoms with van der Waals surface area (Å²) in [7, 11) is 1.84. The summed E-state index contributed by atoms with van der Waals surface area (Å²) < 4.78 is 19.0. The molecule has 0 bridgehead atoms. The van der Waals surface area contributed by atoms with Gasteiger partial charge in [0.1, 0.15) is 18.2 Å². The summed E-state index contributed by atoms with van der Waals surface area (Å²) in [6.45, 7) is 2.80. The lowest BCUT2D eigenvalue weighted by atomic mass is 10.1. The molecule has 2 N–H and O–H groups in total. The van der Waals surface area contributed by atoms with Crippen LogP contribution < -0.4 is 15.4 Å². The number of rotatable bonds is 8. The quantitative estimate of drug-likeness (QED) is 0.570. The van der Waals surface area contributed by atoms with E-state index >= 15 is 0 Å². The number of carbonyl (C=O) groups is 2. The fourth-order valence-electron chi connectivity index (χ4n) is 2.21. The molecule has 0 radical (unpaired) electrons. The van der Waals surface area contributed by atoms with Gasteiger partial charge in [-0.15, -0.1) is 0 Å². The summed E-state index contributed by atoms with van der Waals surface area (Å²) in [6, 6.07) is 11.0. The highest BCUT2D eigenvalue weighted by atomic mass is 19.1. The van der Waals surface area contributed by atoms with E-state index < -0.39 is 5.82 Å². The van der Waals surface area contributed by atoms with Crippen LogP contribution in [0.25, 0.3) is 0 Å². The Morgan fingerprint density at radius 3 is 2.48 bits per heavy atom. The van der Waals surface area contributed by atoms with Crippen molar-refractivity contribution in [3.8, 4) is 5.75 Å². The van der Waals surface area contributed by atoms with E-state index in [1.165, 1.54) is 19.1 Å². The highest BCUT2D eigenvalue weighted by Gasteiger charge is 2.10. The summed E-state index contributed by atoms with van der Waals surface area (Å²) in [5.74, 6) is -0.470. The zero-order valence-corrected chi connectivity index (χ0v) is 14.3. The van der Waals surface area contributed by atoms with Crippen molar-refractivity contribution in [3.63, 3.8) is 0 Å². The van der Waals surface area contributed by atoms with Gasteiger partial charge in [0.05, 0.1) is 5.56 Å². The molecule has 0 aliphatic carbocycles. The molecule has 0 aliphatic rings. The van der Waals surface area contributed by atoms with Gasteiger partial charge < -0.3 is 15.4 Å². The number of halogens is 1. The molecule has 132 valence electrons. The molecule has 2 aromatic carbocycles. The van der Waals surface area contributed by atoms with Crippen molar-refractivity contribution < 1.29 is 18.7 Å². The van der Waals surface area contributed by atoms with Crippen LogP contribution in [0.15, 0.2) is 42.5 Å². The SMILES string of the molecule is CNCCOc1ccc(C(=O)NCc2ccc(F)c(C(C)=O)c2)cc1. The maximum Gasteiger partial charge on any atom is 0.251 e. The smallest absolute Gasteiger partial charge is 0.251 e. The lowest BCUT2D eigenvalue weighted by Crippen LogP contribution is -2.23. The first-order valence-corrected chi connectivity index (χ1v) is 7.96. The van der Waals surface area contributed by atoms with Gasteiger partial charge in [-0.1, -0.05) is 6.07 Å². The predicted octanol–water partition coefficient (Wildman–Crippen LogP) is 2.56. The van der Waals surface area contributed by atoms with Crippen LogP contribution in [0.4, 0.5) is 4.39 Å². The van der Waals surface area contributed by atoms with Crippen LogP contribution >= 0.6 is 0 Å². The molecule has 0 aromatic heterocycles. The summed E-state index contributed by atoms with van der Waals surface area (Å²) in [6.07, 6.45) is 0. The molecule has 0 atom stereocenters. The number of hydrogen-bond acceptors (Lipinski definition) is 4. The van der Waals surface area contributed by atoms with E-state index in [0.717, 1.165) is 6.54 Å². The molecule has 2 rings (SSSR count). The van der Waals surface area contributed by atoms with E-state index in [2.05, 4.69) is 10.6 Å². The Balaban J connectivity index is 1.94. The predicted molar refractivity (Wildman–Crippen MR) is 93.4 cm³/mol. The van der Waals surface area contributed by atoms with Crippen molar-refractivity contribution in [3.05, 3.63) is 65.0 Å². The molecule has 5 nitrogen and oxygen atoms in total. The molecule has 0 saturated heterocycles. The Morgan fingerprint density at radius 1 is 1.12 bits per heavy atom. The van der Waals surface area contributed by atoms with Gasteiger partial charge >= 0.3 is 0 Å². The van der Waals surface area contributed by atoms with Gasteiger partial charge in [0.2, 0.25) is 0 Å². The van der Waals surface area contributed by atoms with E-state index in [4.69, 9.17) is 4.74 Å². The molecule has 0 saturated carbocycles. The molecule has 0 unspecified atom stereocenters. The van der Waals surface area contributed by atoms with Crippen LogP contribution in [0, 0.1) is 5.82 Å². The largest absolute Gasteiger partial charge is 0.492 e. The summed E-state index contributed by atoms with van der Waals surface area (Å²) in [4.78, 5) is 23.5. The lowest BCUT2D eigenvalue weighted by Gasteiger charge is -2.09. The molecular formula is C19H21FN2O3. The highest BCUT2D eigenvalue weighted by Crippen LogP contribution is 2.13. The van der Waals surface area contributed by atoms with Crippen LogP contribution in [0.2, 0.25) is 0 Å². The first-order chi connectivity index (χ1) is 12.0. The number of amides is 1. The van der Waals surface area contributed by atoms with Crippen LogP contribution in [-0.4, -0.2) is 31.9 Å². The molecule has 0 heterocycles. The first kappa shape index (κ1) is 18.6. The molecule has 1 amide bonds. The third-order valence-electron chi connectivity index (χ3n) is 3.60. The second-order valence-corrected chi connectivity index (χ2v) is 5.53. The zero-order valence-electron chi connectivity index (χ0n) is 14.3. The number of nitrogens with one attached hydrogen (secondary N) is 2. The van der Waals surface area contributed by atoms with E-state index in [9.17, 15) is 14.0 Å². The van der Waals surface area contributed by atoms with Crippen LogP contribution in [-0.2, 0) is 6.54 Å². The van der Waals surface area contributed by atoms with Crippen molar-refractivity contribution in [1.82, 2.24) is 10.6 Å². The minimum absolute atomic E-state index is 0.0230. The Bertz CT molecular complexity index is 745. The molecule has 25 heavy (non-hydrogen) atoms. The van der Waals surface area contributed by atoms with Crippen molar-refractivity contribution in [2.75, 3.05) is 20.2 Å². The minimum atomic E-state index is -0.559. The topological polar surface area (TPSA) is 67.4 Å². The Morgan fingerprint density at radius 2 is 1.84 bits per heavy atom. The maximum atomic E-state index is 13.5. The second kappa shape index (κ2) is 8.94. The first-order valence-electron chi connectivity index (χ1n) is 7.96. The average molecular weight is 344 g/mol. The van der Waals surface area contributed by atoms with Gasteiger partial charge in [-0.05, 0) is 55.9 Å². The molecule has 2 aromatic rings. The highest BCUT2D eigenvalue weighted by molar-refractivity contribution is 5.95. The Labute approximate surface area is 146 Å². The average Bonchev–Trinajstić information content (AvgIpc) is 2.61. The minimum Gasteiger partial charge on any atom is -0.492 e. The Kier molecular flexibility index (Phi) is 6.65. The van der Waals surface area contributed by atoms with E-state index in [-0.39, 0.29) is 23.8 Å². The van der Waals surface area contributed by atoms with Crippen LogP contribution in [0.3, 0.4) is 0 Å². The number of hydrogen-bond donors (Lipinski definition) is 2. The zero-order chi connectivity index (χ0) is 18.2. The van der Waals surface area contributed by atoms with Gasteiger partial charge in [-0.25, -0.2) is 4.39 Å². The number of benzene rings is 2. The fourth-order valence-corrected chi connectivity index (χ4v) is 2.21. The third kappa shape index (κ3) is 5.39. The Hall–Kier alpha value is -2.73. The fraction of sp³-hybridized carbons (Fsp3) is 0.263. The normalized spacial score (nSPS) is 10.4. The number of ketones is 1. The van der Waals surface area contributed by atoms with Gasteiger partial charge in [-0.2, -0.15) is 0 Å². The lowest BCUT2D eigenvalue weighted by molar-refractivity contribution is 0.0950. The van der Waals surface area contributed by atoms with Gasteiger partial charge in [-0.3, -0.25) is 9.59 Å². The van der Waals surface area contributed by atoms with Gasteiger partial charge in [0.15, 0.2) is 5.78 Å². The molecule has 0 fully saturated rings. The molecular weight excluding hydrogens is 323 g/mol. The number of Topliss-reactive ketones (excluding diaryl/α,β-unsaturated/α-hetero) is 1. The standard InChI is InChI=1S/C19H21FN2O3/c1-13(23)17-11-14(3-8-18(17)20)12-22-19(24)15-4-6-16(7-5-15)25-10-9-21-2/h3-8,11,21H,9-10,12H2,1-2H3,(H,22,24). The maximum absolute atomic E-state index is 13.5. The molecule has 0 aliphatic heterocycles. The summed E-state index contributed by atoms with van der Waals surface area (Å²) in [5, 5.41) is 5.73. The van der Waals surface area contributed by atoms with Gasteiger partial charge in [0, 0.05) is 18.7 Å². The third-order valence-corrected chi connectivity index (χ3v) is 3.60. The van der Waals surface area contributed by atoms with Crippen molar-refractivity contribution in [2.45, 2.75) is 13.5 Å². The van der Waals surface area contributed by atoms with E-state index in [1.54, 1.807) is 30.3 Å². The summed E-state index contributed by atoms with van der Waals surface area (Å²) in [5.41, 5.74) is 1.18. The van der Waals surface area contributed by atoms with Crippen molar-refractivity contribution >= 4 is 11.7 Å². The monoisotopic (exact) mass is 344 g/mol. The van der Waals surface area contributed by atoms with E-state index in [0.29, 0.717) is 23.5 Å². The van der Waals surface area contributed by atoms with Crippen molar-refractivity contribution in [2.24, 2.45) is 0 Å². The number of ether oxygens (including phenoxy) is 1. The van der Waals surface area contributed by atoms with E-state index in [1.807, 2.05) is 7.05 Å². The van der Waals surface area contributed by atoms with Gasteiger partial charge in [0.25, 0.3) is 5.91 Å². The number of likely N-dealkylation sites (N-methyl/N-ethyl adjacent to an activating group) is 1. The van der Waals surface area contributed by atoms with Crippen LogP contribution in [0.1, 0.15) is 33.2 Å².